The average molecular weight is 162 g/mol. The smallest absolute Gasteiger partial charge is 0.265 e. The monoisotopic (exact) mass is 162 g/mol. The summed E-state index contributed by atoms with van der Waals surface area (Å²) in [6, 6.07) is 7.11. The molecule has 0 spiro atoms. The number of hydrazine groups is 1. The fraction of sp³-hybridized carbons (Fsp3) is 0. The van der Waals surface area contributed by atoms with Crippen LogP contribution in [0.3, 0.4) is 0 Å². The zero-order valence-electron chi connectivity index (χ0n) is 6.58. The molecule has 1 amide bonds. The zero-order valence-corrected chi connectivity index (χ0v) is 6.58. The molecule has 0 fully saturated rings. The largest absolute Gasteiger partial charge is 0.290 e. The number of nitrogens with two attached hydrogens (primary N) is 1. The maximum atomic E-state index is 11.1. The SMILES string of the molecule is C=Cc1ccccc1C(=O)NN. The number of benzene rings is 1. The summed E-state index contributed by atoms with van der Waals surface area (Å²) in [7, 11) is 0. The summed E-state index contributed by atoms with van der Waals surface area (Å²) in [5, 5.41) is 0. The Labute approximate surface area is 70.9 Å². The first-order valence-corrected chi connectivity index (χ1v) is 3.52. The molecule has 0 saturated heterocycles. The molecule has 0 aliphatic carbocycles. The third-order valence-electron chi connectivity index (χ3n) is 1.56. The number of hydrogen-bond acceptors (Lipinski definition) is 2. The maximum Gasteiger partial charge on any atom is 0.265 e. The fourth-order valence-electron chi connectivity index (χ4n) is 0.960. The van der Waals surface area contributed by atoms with E-state index < -0.39 is 0 Å². The van der Waals surface area contributed by atoms with Crippen molar-refractivity contribution < 1.29 is 4.79 Å². The molecule has 0 aliphatic heterocycles. The molecule has 0 atom stereocenters. The molecule has 0 bridgehead atoms. The van der Waals surface area contributed by atoms with Gasteiger partial charge in [-0.05, 0) is 11.6 Å². The minimum absolute atomic E-state index is 0.300. The second kappa shape index (κ2) is 3.69. The Morgan fingerprint density at radius 1 is 1.50 bits per heavy atom. The summed E-state index contributed by atoms with van der Waals surface area (Å²) in [5.74, 6) is 4.69. The van der Waals surface area contributed by atoms with Crippen LogP contribution in [0.5, 0.6) is 0 Å². The second-order valence-corrected chi connectivity index (χ2v) is 2.26. The first-order chi connectivity index (χ1) is 5.79. The third-order valence-corrected chi connectivity index (χ3v) is 1.56. The number of nitrogen functional groups attached to an aromatic ring is 1. The van der Waals surface area contributed by atoms with Gasteiger partial charge in [0, 0.05) is 5.56 Å². The van der Waals surface area contributed by atoms with E-state index in [9.17, 15) is 4.79 Å². The summed E-state index contributed by atoms with van der Waals surface area (Å²) >= 11 is 0. The lowest BCUT2D eigenvalue weighted by atomic mass is 10.1. The molecule has 0 saturated carbocycles. The molecular weight excluding hydrogens is 152 g/mol. The summed E-state index contributed by atoms with van der Waals surface area (Å²) in [4.78, 5) is 11.1. The first-order valence-electron chi connectivity index (χ1n) is 3.52. The van der Waals surface area contributed by atoms with E-state index in [1.54, 1.807) is 24.3 Å². The van der Waals surface area contributed by atoms with E-state index in [4.69, 9.17) is 5.84 Å². The molecule has 0 unspecified atom stereocenters. The van der Waals surface area contributed by atoms with Gasteiger partial charge in [-0.2, -0.15) is 0 Å². The maximum absolute atomic E-state index is 11.1. The Bertz CT molecular complexity index is 307. The zero-order chi connectivity index (χ0) is 8.97. The van der Waals surface area contributed by atoms with Crippen LogP contribution in [0.15, 0.2) is 30.8 Å². The highest BCUT2D eigenvalue weighted by Crippen LogP contribution is 2.08. The minimum atomic E-state index is -0.300. The number of hydrogen-bond donors (Lipinski definition) is 2. The van der Waals surface area contributed by atoms with Crippen LogP contribution in [-0.4, -0.2) is 5.91 Å². The molecule has 0 heterocycles. The van der Waals surface area contributed by atoms with Gasteiger partial charge in [0.1, 0.15) is 0 Å². The van der Waals surface area contributed by atoms with Gasteiger partial charge in [-0.1, -0.05) is 30.9 Å². The van der Waals surface area contributed by atoms with Crippen LogP contribution in [0.25, 0.3) is 6.08 Å². The molecule has 1 aromatic rings. The number of nitrogens with one attached hydrogen (secondary N) is 1. The van der Waals surface area contributed by atoms with Gasteiger partial charge in [-0.25, -0.2) is 5.84 Å². The predicted molar refractivity (Wildman–Crippen MR) is 48.2 cm³/mol. The van der Waals surface area contributed by atoms with Crippen LogP contribution in [0.1, 0.15) is 15.9 Å². The van der Waals surface area contributed by atoms with Crippen molar-refractivity contribution in [3.05, 3.63) is 42.0 Å². The highest BCUT2D eigenvalue weighted by atomic mass is 16.2. The van der Waals surface area contributed by atoms with Gasteiger partial charge < -0.3 is 0 Å². The van der Waals surface area contributed by atoms with Gasteiger partial charge in [0.2, 0.25) is 0 Å². The molecule has 1 rings (SSSR count). The van der Waals surface area contributed by atoms with E-state index in [1.807, 2.05) is 6.07 Å². The quantitative estimate of drug-likeness (QED) is 0.386. The van der Waals surface area contributed by atoms with Crippen molar-refractivity contribution in [3.8, 4) is 0 Å². The van der Waals surface area contributed by atoms with E-state index in [0.717, 1.165) is 5.56 Å². The topological polar surface area (TPSA) is 55.1 Å². The number of amides is 1. The summed E-state index contributed by atoms with van der Waals surface area (Å²) in [5.41, 5.74) is 3.38. The lowest BCUT2D eigenvalue weighted by Gasteiger charge is -2.02. The van der Waals surface area contributed by atoms with Crippen LogP contribution in [0.4, 0.5) is 0 Å². The standard InChI is InChI=1S/C9H10N2O/c1-2-7-5-3-4-6-8(7)9(12)11-10/h2-6H,1,10H2,(H,11,12). The van der Waals surface area contributed by atoms with Gasteiger partial charge in [-0.3, -0.25) is 10.2 Å². The molecular formula is C9H10N2O. The fourth-order valence-corrected chi connectivity index (χ4v) is 0.960. The summed E-state index contributed by atoms with van der Waals surface area (Å²) in [6.07, 6.45) is 1.62. The van der Waals surface area contributed by atoms with Gasteiger partial charge in [0.05, 0.1) is 0 Å². The average Bonchev–Trinajstić information content (AvgIpc) is 2.16. The predicted octanol–water partition coefficient (Wildman–Crippen LogP) is 0.933. The van der Waals surface area contributed by atoms with Gasteiger partial charge in [-0.15, -0.1) is 0 Å². The molecule has 62 valence electrons. The van der Waals surface area contributed by atoms with E-state index in [2.05, 4.69) is 12.0 Å². The molecule has 0 aromatic heterocycles. The normalized spacial score (nSPS) is 9.08. The van der Waals surface area contributed by atoms with Crippen LogP contribution in [0.2, 0.25) is 0 Å². The van der Waals surface area contributed by atoms with Gasteiger partial charge in [0.25, 0.3) is 5.91 Å². The lowest BCUT2D eigenvalue weighted by molar-refractivity contribution is 0.0953. The van der Waals surface area contributed by atoms with E-state index in [1.165, 1.54) is 0 Å². The van der Waals surface area contributed by atoms with Crippen molar-refractivity contribution in [2.24, 2.45) is 5.84 Å². The number of rotatable bonds is 2. The van der Waals surface area contributed by atoms with Crippen molar-refractivity contribution in [2.75, 3.05) is 0 Å². The molecule has 3 nitrogen and oxygen atoms in total. The van der Waals surface area contributed by atoms with Crippen molar-refractivity contribution in [1.82, 2.24) is 5.43 Å². The van der Waals surface area contributed by atoms with Gasteiger partial charge >= 0.3 is 0 Å². The summed E-state index contributed by atoms with van der Waals surface area (Å²) < 4.78 is 0. The molecule has 0 radical (unpaired) electrons. The van der Waals surface area contributed by atoms with Crippen LogP contribution in [0, 0.1) is 0 Å². The van der Waals surface area contributed by atoms with E-state index >= 15 is 0 Å². The van der Waals surface area contributed by atoms with Crippen LogP contribution in [-0.2, 0) is 0 Å². The van der Waals surface area contributed by atoms with Crippen molar-refractivity contribution >= 4 is 12.0 Å². The Kier molecular flexibility index (Phi) is 2.61. The summed E-state index contributed by atoms with van der Waals surface area (Å²) in [6.45, 7) is 3.59. The third kappa shape index (κ3) is 1.52. The first kappa shape index (κ1) is 8.49. The Morgan fingerprint density at radius 2 is 2.17 bits per heavy atom. The second-order valence-electron chi connectivity index (χ2n) is 2.26. The van der Waals surface area contributed by atoms with Crippen LogP contribution < -0.4 is 11.3 Å². The van der Waals surface area contributed by atoms with Gasteiger partial charge in [0.15, 0.2) is 0 Å². The van der Waals surface area contributed by atoms with E-state index in [-0.39, 0.29) is 5.91 Å². The highest BCUT2D eigenvalue weighted by Gasteiger charge is 2.05. The molecule has 3 heteroatoms. The highest BCUT2D eigenvalue weighted by molar-refractivity contribution is 5.97. The van der Waals surface area contributed by atoms with Crippen molar-refractivity contribution in [3.63, 3.8) is 0 Å². The van der Waals surface area contributed by atoms with Crippen LogP contribution >= 0.6 is 0 Å². The minimum Gasteiger partial charge on any atom is -0.290 e. The molecule has 1 aromatic carbocycles. The van der Waals surface area contributed by atoms with Crippen molar-refractivity contribution in [2.45, 2.75) is 0 Å². The van der Waals surface area contributed by atoms with Crippen molar-refractivity contribution in [1.29, 1.82) is 0 Å². The Balaban J connectivity index is 3.13. The number of carbonyl (C=O) groups is 1. The molecule has 12 heavy (non-hydrogen) atoms. The number of carbonyl (C=O) groups excluding carboxylic acids is 1. The molecule has 3 N–H and O–H groups in total. The Morgan fingerprint density at radius 3 is 2.75 bits per heavy atom. The Hall–Kier alpha value is -1.61. The lowest BCUT2D eigenvalue weighted by Crippen LogP contribution is -2.30. The molecule has 0 aliphatic rings. The van der Waals surface area contributed by atoms with E-state index in [0.29, 0.717) is 5.56 Å².